The molecule has 0 atom stereocenters. The molecule has 0 spiro atoms. The maximum Gasteiger partial charge on any atom is 0.113 e. The first-order valence-electron chi connectivity index (χ1n) is 6.00. The normalized spacial score (nSPS) is 11.7. The maximum absolute atomic E-state index is 4.20. The van der Waals surface area contributed by atoms with E-state index >= 15 is 0 Å². The maximum atomic E-state index is 4.20. The van der Waals surface area contributed by atoms with Crippen LogP contribution in [-0.4, -0.2) is 15.0 Å². The van der Waals surface area contributed by atoms with E-state index in [4.69, 9.17) is 0 Å². The van der Waals surface area contributed by atoms with E-state index in [0.29, 0.717) is 5.41 Å². The first-order chi connectivity index (χ1) is 8.04. The molecule has 1 aromatic carbocycles. The fraction of sp³-hybridized carbons (Fsp3) is 0.429. The van der Waals surface area contributed by atoms with E-state index in [1.54, 1.807) is 0 Å². The zero-order valence-corrected chi connectivity index (χ0v) is 10.7. The highest BCUT2D eigenvalue weighted by atomic mass is 15.4. The van der Waals surface area contributed by atoms with Crippen LogP contribution in [0.15, 0.2) is 36.5 Å². The molecule has 0 aliphatic carbocycles. The highest BCUT2D eigenvalue weighted by Crippen LogP contribution is 2.20. The SMILES string of the molecule is CC(C)(C)CCn1cc(-c2ccccc2)nn1. The second kappa shape index (κ2) is 4.70. The third-order valence-corrected chi connectivity index (χ3v) is 2.70. The topological polar surface area (TPSA) is 30.7 Å². The van der Waals surface area contributed by atoms with Gasteiger partial charge in [0.15, 0.2) is 0 Å². The predicted molar refractivity (Wildman–Crippen MR) is 69.5 cm³/mol. The number of aryl methyl sites for hydroxylation is 1. The molecule has 0 fully saturated rings. The minimum absolute atomic E-state index is 0.332. The Kier molecular flexibility index (Phi) is 3.27. The summed E-state index contributed by atoms with van der Waals surface area (Å²) < 4.78 is 1.92. The third kappa shape index (κ3) is 3.41. The highest BCUT2D eigenvalue weighted by Gasteiger charge is 2.11. The van der Waals surface area contributed by atoms with Crippen LogP contribution in [0.5, 0.6) is 0 Å². The van der Waals surface area contributed by atoms with Crippen molar-refractivity contribution in [3.63, 3.8) is 0 Å². The van der Waals surface area contributed by atoms with Crippen molar-refractivity contribution in [3.8, 4) is 11.3 Å². The number of rotatable bonds is 3. The molecule has 3 nitrogen and oxygen atoms in total. The fourth-order valence-electron chi connectivity index (χ4n) is 1.60. The Morgan fingerprint density at radius 2 is 1.82 bits per heavy atom. The summed E-state index contributed by atoms with van der Waals surface area (Å²) >= 11 is 0. The first kappa shape index (κ1) is 11.8. The monoisotopic (exact) mass is 229 g/mol. The van der Waals surface area contributed by atoms with Gasteiger partial charge in [0.1, 0.15) is 5.69 Å². The van der Waals surface area contributed by atoms with Gasteiger partial charge in [-0.25, -0.2) is 0 Å². The molecule has 90 valence electrons. The van der Waals surface area contributed by atoms with Gasteiger partial charge < -0.3 is 0 Å². The predicted octanol–water partition coefficient (Wildman–Crippen LogP) is 3.38. The van der Waals surface area contributed by atoms with E-state index in [2.05, 4.69) is 43.2 Å². The van der Waals surface area contributed by atoms with Crippen molar-refractivity contribution in [1.29, 1.82) is 0 Å². The average molecular weight is 229 g/mol. The van der Waals surface area contributed by atoms with E-state index in [1.807, 2.05) is 29.1 Å². The van der Waals surface area contributed by atoms with Crippen molar-refractivity contribution >= 4 is 0 Å². The smallest absolute Gasteiger partial charge is 0.113 e. The van der Waals surface area contributed by atoms with Gasteiger partial charge in [0.25, 0.3) is 0 Å². The van der Waals surface area contributed by atoms with Crippen molar-refractivity contribution in [2.45, 2.75) is 33.7 Å². The van der Waals surface area contributed by atoms with Crippen LogP contribution >= 0.6 is 0 Å². The van der Waals surface area contributed by atoms with E-state index in [1.165, 1.54) is 0 Å². The van der Waals surface area contributed by atoms with Gasteiger partial charge >= 0.3 is 0 Å². The molecule has 0 radical (unpaired) electrons. The van der Waals surface area contributed by atoms with E-state index in [9.17, 15) is 0 Å². The van der Waals surface area contributed by atoms with Crippen LogP contribution in [0.4, 0.5) is 0 Å². The third-order valence-electron chi connectivity index (χ3n) is 2.70. The second-order valence-corrected chi connectivity index (χ2v) is 5.54. The number of benzene rings is 1. The number of aromatic nitrogens is 3. The molecule has 0 aliphatic rings. The lowest BCUT2D eigenvalue weighted by atomic mass is 9.92. The van der Waals surface area contributed by atoms with Gasteiger partial charge in [-0.3, -0.25) is 4.68 Å². The van der Waals surface area contributed by atoms with Crippen LogP contribution in [0.25, 0.3) is 11.3 Å². The van der Waals surface area contributed by atoms with Gasteiger partial charge in [0.05, 0.1) is 6.20 Å². The Bertz CT molecular complexity index is 466. The minimum Gasteiger partial charge on any atom is -0.252 e. The van der Waals surface area contributed by atoms with Crippen LogP contribution in [0.2, 0.25) is 0 Å². The molecule has 2 rings (SSSR count). The summed E-state index contributed by atoms with van der Waals surface area (Å²) in [6.07, 6.45) is 3.12. The van der Waals surface area contributed by atoms with Gasteiger partial charge in [0, 0.05) is 12.1 Å². The Hall–Kier alpha value is -1.64. The summed E-state index contributed by atoms with van der Waals surface area (Å²) in [6, 6.07) is 10.1. The molecule has 0 saturated heterocycles. The van der Waals surface area contributed by atoms with Crippen molar-refractivity contribution in [1.82, 2.24) is 15.0 Å². The van der Waals surface area contributed by atoms with E-state index in [0.717, 1.165) is 24.2 Å². The molecule has 0 bridgehead atoms. The van der Waals surface area contributed by atoms with Crippen molar-refractivity contribution in [2.75, 3.05) is 0 Å². The second-order valence-electron chi connectivity index (χ2n) is 5.54. The molecule has 0 unspecified atom stereocenters. The molecule has 0 saturated carbocycles. The Balaban J connectivity index is 2.07. The first-order valence-corrected chi connectivity index (χ1v) is 6.00. The molecule has 2 aromatic rings. The molecule has 3 heteroatoms. The van der Waals surface area contributed by atoms with Crippen molar-refractivity contribution in [2.24, 2.45) is 5.41 Å². The largest absolute Gasteiger partial charge is 0.252 e. The molecule has 0 N–H and O–H groups in total. The summed E-state index contributed by atoms with van der Waals surface area (Å²) in [7, 11) is 0. The van der Waals surface area contributed by atoms with Gasteiger partial charge in [-0.05, 0) is 11.8 Å². The lowest BCUT2D eigenvalue weighted by Gasteiger charge is -2.17. The number of hydrogen-bond acceptors (Lipinski definition) is 2. The van der Waals surface area contributed by atoms with Crippen LogP contribution in [0.1, 0.15) is 27.2 Å². The standard InChI is InChI=1S/C14H19N3/c1-14(2,3)9-10-17-11-13(15-16-17)12-7-5-4-6-8-12/h4-8,11H,9-10H2,1-3H3. The number of nitrogens with zero attached hydrogens (tertiary/aromatic N) is 3. The molecule has 1 aromatic heterocycles. The Labute approximate surface area is 102 Å². The van der Waals surface area contributed by atoms with E-state index in [-0.39, 0.29) is 0 Å². The zero-order chi connectivity index (χ0) is 12.3. The lowest BCUT2D eigenvalue weighted by molar-refractivity contribution is 0.339. The Morgan fingerprint density at radius 1 is 1.12 bits per heavy atom. The van der Waals surface area contributed by atoms with Crippen LogP contribution < -0.4 is 0 Å². The van der Waals surface area contributed by atoms with Crippen molar-refractivity contribution < 1.29 is 0 Å². The summed E-state index contributed by atoms with van der Waals surface area (Å²) in [4.78, 5) is 0. The lowest BCUT2D eigenvalue weighted by Crippen LogP contribution is -2.10. The molecular formula is C14H19N3. The zero-order valence-electron chi connectivity index (χ0n) is 10.7. The van der Waals surface area contributed by atoms with Crippen LogP contribution in [0.3, 0.4) is 0 Å². The summed E-state index contributed by atoms with van der Waals surface area (Å²) in [5.74, 6) is 0. The molecule has 1 heterocycles. The van der Waals surface area contributed by atoms with Crippen LogP contribution in [-0.2, 0) is 6.54 Å². The van der Waals surface area contributed by atoms with E-state index < -0.39 is 0 Å². The molecule has 0 aliphatic heterocycles. The Morgan fingerprint density at radius 3 is 2.47 bits per heavy atom. The average Bonchev–Trinajstić information content (AvgIpc) is 2.75. The van der Waals surface area contributed by atoms with Crippen molar-refractivity contribution in [3.05, 3.63) is 36.5 Å². The molecule has 0 amide bonds. The summed E-state index contributed by atoms with van der Waals surface area (Å²) in [5.41, 5.74) is 2.40. The van der Waals surface area contributed by atoms with Gasteiger partial charge in [-0.1, -0.05) is 56.3 Å². The summed E-state index contributed by atoms with van der Waals surface area (Å²) in [5, 5.41) is 8.36. The highest BCUT2D eigenvalue weighted by molar-refractivity contribution is 5.56. The summed E-state index contributed by atoms with van der Waals surface area (Å²) in [6.45, 7) is 7.63. The van der Waals surface area contributed by atoms with Gasteiger partial charge in [-0.2, -0.15) is 0 Å². The quantitative estimate of drug-likeness (QED) is 0.807. The minimum atomic E-state index is 0.332. The molecular weight excluding hydrogens is 210 g/mol. The fourth-order valence-corrected chi connectivity index (χ4v) is 1.60. The van der Waals surface area contributed by atoms with Gasteiger partial charge in [-0.15, -0.1) is 5.10 Å². The number of hydrogen-bond donors (Lipinski definition) is 0. The van der Waals surface area contributed by atoms with Gasteiger partial charge in [0.2, 0.25) is 0 Å². The molecule has 17 heavy (non-hydrogen) atoms. The van der Waals surface area contributed by atoms with Crippen LogP contribution in [0, 0.1) is 5.41 Å².